The highest BCUT2D eigenvalue weighted by molar-refractivity contribution is 5.75. The van der Waals surface area contributed by atoms with Crippen LogP contribution in [0.25, 0.3) is 0 Å². The van der Waals surface area contributed by atoms with E-state index in [4.69, 9.17) is 10.8 Å². The fourth-order valence-electron chi connectivity index (χ4n) is 1.96. The summed E-state index contributed by atoms with van der Waals surface area (Å²) in [6, 6.07) is -0.983. The van der Waals surface area contributed by atoms with Gasteiger partial charge in [-0.1, -0.05) is 0 Å². The van der Waals surface area contributed by atoms with Crippen molar-refractivity contribution in [1.29, 1.82) is 0 Å². The van der Waals surface area contributed by atoms with Crippen LogP contribution in [0, 0.1) is 6.92 Å². The van der Waals surface area contributed by atoms with Gasteiger partial charge >= 0.3 is 5.97 Å². The summed E-state index contributed by atoms with van der Waals surface area (Å²) in [5.74, 6) is -0.151. The minimum absolute atomic E-state index is 0.535. The molecule has 3 N–H and O–H groups in total. The molecule has 1 aromatic heterocycles. The average Bonchev–Trinajstić information content (AvgIpc) is 2.68. The molecule has 0 saturated carbocycles. The van der Waals surface area contributed by atoms with Crippen molar-refractivity contribution in [1.82, 2.24) is 9.55 Å². The topological polar surface area (TPSA) is 81.1 Å². The molecule has 1 aliphatic rings. The molecule has 2 rings (SSSR count). The summed E-state index contributed by atoms with van der Waals surface area (Å²) in [5, 5.41) is 8.80. The maximum absolute atomic E-state index is 10.7. The van der Waals surface area contributed by atoms with Gasteiger partial charge in [-0.25, -0.2) is 4.98 Å². The van der Waals surface area contributed by atoms with Gasteiger partial charge in [-0.2, -0.15) is 0 Å². The Balaban J connectivity index is 2.44. The molecule has 0 fully saturated rings. The lowest BCUT2D eigenvalue weighted by molar-refractivity contribution is -0.138. The van der Waals surface area contributed by atoms with Crippen LogP contribution in [0.5, 0.6) is 0 Å². The Bertz CT molecular complexity index is 384. The number of carboxylic acid groups (broad SMARTS) is 1. The highest BCUT2D eigenvalue weighted by atomic mass is 16.4. The van der Waals surface area contributed by atoms with Gasteiger partial charge in [0, 0.05) is 12.2 Å². The summed E-state index contributed by atoms with van der Waals surface area (Å²) in [6.07, 6.45) is 1.94. The first-order valence-corrected chi connectivity index (χ1v) is 4.65. The van der Waals surface area contributed by atoms with Gasteiger partial charge < -0.3 is 15.4 Å². The molecule has 1 atom stereocenters. The molecule has 76 valence electrons. The van der Waals surface area contributed by atoms with E-state index in [0.29, 0.717) is 5.69 Å². The number of nitrogens with zero attached hydrogens (tertiary/aromatic N) is 2. The van der Waals surface area contributed by atoms with E-state index in [-0.39, 0.29) is 0 Å². The Labute approximate surface area is 81.5 Å². The van der Waals surface area contributed by atoms with E-state index in [1.165, 1.54) is 0 Å². The number of imidazole rings is 1. The Morgan fingerprint density at radius 2 is 2.43 bits per heavy atom. The molecule has 0 bridgehead atoms. The number of nitrogens with two attached hydrogens (primary N) is 1. The first-order valence-electron chi connectivity index (χ1n) is 4.65. The first kappa shape index (κ1) is 9.21. The Morgan fingerprint density at radius 1 is 1.71 bits per heavy atom. The van der Waals surface area contributed by atoms with E-state index >= 15 is 0 Å². The SMILES string of the molecule is Cc1nc(C(N)C(=O)O)c2n1CCC2. The zero-order valence-corrected chi connectivity index (χ0v) is 8.03. The zero-order valence-electron chi connectivity index (χ0n) is 8.03. The first-order chi connectivity index (χ1) is 6.61. The smallest absolute Gasteiger partial charge is 0.326 e. The van der Waals surface area contributed by atoms with Crippen molar-refractivity contribution in [2.75, 3.05) is 0 Å². The molecule has 2 heterocycles. The van der Waals surface area contributed by atoms with E-state index in [1.54, 1.807) is 0 Å². The van der Waals surface area contributed by atoms with Gasteiger partial charge in [-0.15, -0.1) is 0 Å². The van der Waals surface area contributed by atoms with Crippen LogP contribution in [-0.4, -0.2) is 20.6 Å². The summed E-state index contributed by atoms with van der Waals surface area (Å²) in [5.41, 5.74) is 7.08. The number of rotatable bonds is 2. The summed E-state index contributed by atoms with van der Waals surface area (Å²) >= 11 is 0. The number of aliphatic carboxylic acids is 1. The molecular formula is C9H13N3O2. The third-order valence-electron chi connectivity index (χ3n) is 2.65. The lowest BCUT2D eigenvalue weighted by Gasteiger charge is -2.04. The normalized spacial score (nSPS) is 16.7. The van der Waals surface area contributed by atoms with Gasteiger partial charge in [0.2, 0.25) is 0 Å². The van der Waals surface area contributed by atoms with Gasteiger partial charge in [0.1, 0.15) is 11.9 Å². The molecule has 0 spiro atoms. The Morgan fingerprint density at radius 3 is 3.07 bits per heavy atom. The number of hydrogen-bond acceptors (Lipinski definition) is 3. The molecule has 14 heavy (non-hydrogen) atoms. The lowest BCUT2D eigenvalue weighted by Crippen LogP contribution is -2.22. The van der Waals surface area contributed by atoms with E-state index < -0.39 is 12.0 Å². The highest BCUT2D eigenvalue weighted by Crippen LogP contribution is 2.24. The van der Waals surface area contributed by atoms with E-state index in [1.807, 2.05) is 6.92 Å². The largest absolute Gasteiger partial charge is 0.480 e. The van der Waals surface area contributed by atoms with Gasteiger partial charge in [0.15, 0.2) is 0 Å². The monoisotopic (exact) mass is 195 g/mol. The standard InChI is InChI=1S/C9H13N3O2/c1-5-11-8(7(10)9(13)14)6-3-2-4-12(5)6/h7H,2-4,10H2,1H3,(H,13,14). The summed E-state index contributed by atoms with van der Waals surface area (Å²) in [4.78, 5) is 14.9. The van der Waals surface area contributed by atoms with Crippen molar-refractivity contribution >= 4 is 5.97 Å². The van der Waals surface area contributed by atoms with Crippen molar-refractivity contribution in [3.63, 3.8) is 0 Å². The van der Waals surface area contributed by atoms with Crippen LogP contribution in [0.1, 0.15) is 29.7 Å². The number of hydrogen-bond donors (Lipinski definition) is 2. The number of carboxylic acids is 1. The van der Waals surface area contributed by atoms with Crippen LogP contribution in [0.2, 0.25) is 0 Å². The summed E-state index contributed by atoms with van der Waals surface area (Å²) in [7, 11) is 0. The molecule has 0 amide bonds. The van der Waals surface area contributed by atoms with Gasteiger partial charge in [0.05, 0.1) is 5.69 Å². The molecule has 5 heteroatoms. The van der Waals surface area contributed by atoms with E-state index in [0.717, 1.165) is 30.9 Å². The van der Waals surface area contributed by atoms with Crippen LogP contribution in [0.3, 0.4) is 0 Å². The maximum Gasteiger partial charge on any atom is 0.326 e. The third-order valence-corrected chi connectivity index (χ3v) is 2.65. The molecular weight excluding hydrogens is 182 g/mol. The molecule has 0 radical (unpaired) electrons. The van der Waals surface area contributed by atoms with Crippen LogP contribution in [-0.2, 0) is 17.8 Å². The van der Waals surface area contributed by atoms with Crippen molar-refractivity contribution in [3.05, 3.63) is 17.2 Å². The van der Waals surface area contributed by atoms with Crippen molar-refractivity contribution in [2.24, 2.45) is 5.73 Å². The summed E-state index contributed by atoms with van der Waals surface area (Å²) in [6.45, 7) is 2.81. The van der Waals surface area contributed by atoms with Crippen molar-refractivity contribution in [3.8, 4) is 0 Å². The number of fused-ring (bicyclic) bond motifs is 1. The maximum atomic E-state index is 10.7. The number of aromatic nitrogens is 2. The second kappa shape index (κ2) is 3.09. The minimum atomic E-state index is -1.02. The van der Waals surface area contributed by atoms with E-state index in [2.05, 4.69) is 9.55 Å². The van der Waals surface area contributed by atoms with Crippen LogP contribution in [0.15, 0.2) is 0 Å². The van der Waals surface area contributed by atoms with Gasteiger partial charge in [-0.05, 0) is 19.8 Å². The molecule has 1 aliphatic heterocycles. The second-order valence-corrected chi connectivity index (χ2v) is 3.56. The molecule has 0 saturated heterocycles. The predicted octanol–water partition coefficient (Wildman–Crippen LogP) is 0.222. The van der Waals surface area contributed by atoms with Crippen molar-refractivity contribution in [2.45, 2.75) is 32.4 Å². The quantitative estimate of drug-likeness (QED) is 0.707. The van der Waals surface area contributed by atoms with Crippen LogP contribution >= 0.6 is 0 Å². The van der Waals surface area contributed by atoms with Crippen LogP contribution in [0.4, 0.5) is 0 Å². The highest BCUT2D eigenvalue weighted by Gasteiger charge is 2.26. The second-order valence-electron chi connectivity index (χ2n) is 3.56. The molecule has 1 aromatic rings. The average molecular weight is 195 g/mol. The predicted molar refractivity (Wildman–Crippen MR) is 49.8 cm³/mol. The Hall–Kier alpha value is -1.36. The van der Waals surface area contributed by atoms with Crippen LogP contribution < -0.4 is 5.73 Å². The third kappa shape index (κ3) is 1.21. The fourth-order valence-corrected chi connectivity index (χ4v) is 1.96. The number of aryl methyl sites for hydroxylation is 1. The minimum Gasteiger partial charge on any atom is -0.480 e. The Kier molecular flexibility index (Phi) is 2.03. The molecule has 5 nitrogen and oxygen atoms in total. The van der Waals surface area contributed by atoms with Gasteiger partial charge in [-0.3, -0.25) is 4.79 Å². The molecule has 0 aromatic carbocycles. The molecule has 1 unspecified atom stereocenters. The number of carbonyl (C=O) groups is 1. The van der Waals surface area contributed by atoms with Gasteiger partial charge in [0.25, 0.3) is 0 Å². The van der Waals surface area contributed by atoms with Crippen molar-refractivity contribution < 1.29 is 9.90 Å². The fraction of sp³-hybridized carbons (Fsp3) is 0.556. The molecule has 0 aliphatic carbocycles. The zero-order chi connectivity index (χ0) is 10.3. The lowest BCUT2D eigenvalue weighted by atomic mass is 10.1. The summed E-state index contributed by atoms with van der Waals surface area (Å²) < 4.78 is 2.05. The van der Waals surface area contributed by atoms with E-state index in [9.17, 15) is 4.79 Å².